The first-order valence-electron chi connectivity index (χ1n) is 11.5. The molecule has 0 aliphatic carbocycles. The maximum absolute atomic E-state index is 13.1. The number of rotatable bonds is 10. The molecule has 9 nitrogen and oxygen atoms in total. The molecule has 0 aromatic heterocycles. The molecule has 2 aromatic rings. The van der Waals surface area contributed by atoms with Gasteiger partial charge in [-0.3, -0.25) is 4.79 Å². The minimum absolute atomic E-state index is 0.0168. The van der Waals surface area contributed by atoms with Crippen molar-refractivity contribution >= 4 is 15.9 Å². The van der Waals surface area contributed by atoms with Crippen LogP contribution in [0.4, 0.5) is 0 Å². The second-order valence-corrected chi connectivity index (χ2v) is 10.2. The lowest BCUT2D eigenvalue weighted by Gasteiger charge is -2.32. The minimum Gasteiger partial charge on any atom is -0.494 e. The Labute approximate surface area is 207 Å². The molecule has 0 spiro atoms. The average Bonchev–Trinajstić information content (AvgIpc) is 2.88. The Bertz CT molecular complexity index is 1090. The summed E-state index contributed by atoms with van der Waals surface area (Å²) < 4.78 is 49.1. The summed E-state index contributed by atoms with van der Waals surface area (Å²) in [6.07, 6.45) is 0.934. The van der Waals surface area contributed by atoms with Crippen molar-refractivity contribution in [3.8, 4) is 23.0 Å². The van der Waals surface area contributed by atoms with Gasteiger partial charge in [0.2, 0.25) is 21.7 Å². The van der Waals surface area contributed by atoms with Gasteiger partial charge in [0.15, 0.2) is 11.5 Å². The highest BCUT2D eigenvalue weighted by molar-refractivity contribution is 7.89. The van der Waals surface area contributed by atoms with Crippen LogP contribution in [-0.2, 0) is 21.4 Å². The maximum Gasteiger partial charge on any atom is 0.243 e. The molecule has 1 fully saturated rings. The van der Waals surface area contributed by atoms with E-state index in [0.717, 1.165) is 5.56 Å². The summed E-state index contributed by atoms with van der Waals surface area (Å²) in [5.41, 5.74) is 0.839. The number of amides is 1. The smallest absolute Gasteiger partial charge is 0.243 e. The van der Waals surface area contributed by atoms with Crippen LogP contribution in [0.1, 0.15) is 25.3 Å². The fraction of sp³-hybridized carbons (Fsp3) is 0.480. The molecule has 0 bridgehead atoms. The van der Waals surface area contributed by atoms with Crippen molar-refractivity contribution in [3.63, 3.8) is 0 Å². The Morgan fingerprint density at radius 3 is 2.06 bits per heavy atom. The number of hydrogen-bond acceptors (Lipinski definition) is 7. The number of methoxy groups -OCH3 is 3. The molecular weight excluding hydrogens is 472 g/mol. The highest BCUT2D eigenvalue weighted by Crippen LogP contribution is 2.38. The van der Waals surface area contributed by atoms with E-state index in [9.17, 15) is 13.2 Å². The van der Waals surface area contributed by atoms with E-state index in [1.54, 1.807) is 50.4 Å². The molecule has 0 radical (unpaired) electrons. The zero-order chi connectivity index (χ0) is 25.6. The van der Waals surface area contributed by atoms with Crippen molar-refractivity contribution in [2.75, 3.05) is 48.1 Å². The minimum atomic E-state index is -3.62. The summed E-state index contributed by atoms with van der Waals surface area (Å²) in [7, 11) is 2.76. The van der Waals surface area contributed by atoms with Crippen LogP contribution in [0, 0.1) is 5.92 Å². The topological polar surface area (TPSA) is 94.6 Å². The van der Waals surface area contributed by atoms with E-state index in [0.29, 0.717) is 62.1 Å². The van der Waals surface area contributed by atoms with Crippen molar-refractivity contribution in [3.05, 3.63) is 42.0 Å². The molecule has 1 amide bonds. The predicted octanol–water partition coefficient (Wildman–Crippen LogP) is 3.17. The van der Waals surface area contributed by atoms with Crippen LogP contribution in [0.5, 0.6) is 23.0 Å². The van der Waals surface area contributed by atoms with Crippen molar-refractivity contribution in [1.29, 1.82) is 0 Å². The number of hydrogen-bond donors (Lipinski definition) is 0. The third-order valence-corrected chi connectivity index (χ3v) is 8.01. The molecule has 0 N–H and O–H groups in total. The second kappa shape index (κ2) is 11.6. The molecule has 10 heteroatoms. The monoisotopic (exact) mass is 506 g/mol. The molecular formula is C25H34N2O7S. The first kappa shape index (κ1) is 26.6. The fourth-order valence-corrected chi connectivity index (χ4v) is 5.73. The van der Waals surface area contributed by atoms with Crippen LogP contribution in [0.25, 0.3) is 0 Å². The largest absolute Gasteiger partial charge is 0.494 e. The summed E-state index contributed by atoms with van der Waals surface area (Å²) in [4.78, 5) is 15.0. The van der Waals surface area contributed by atoms with Crippen LogP contribution in [-0.4, -0.2) is 71.6 Å². The lowest BCUT2D eigenvalue weighted by Crippen LogP contribution is -2.43. The van der Waals surface area contributed by atoms with Gasteiger partial charge in [0.1, 0.15) is 5.75 Å². The number of carbonyl (C=O) groups excluding carboxylic acids is 1. The zero-order valence-corrected chi connectivity index (χ0v) is 21.8. The van der Waals surface area contributed by atoms with Gasteiger partial charge in [0, 0.05) is 32.6 Å². The molecule has 0 atom stereocenters. The van der Waals surface area contributed by atoms with E-state index < -0.39 is 10.0 Å². The van der Waals surface area contributed by atoms with Gasteiger partial charge in [-0.1, -0.05) is 0 Å². The van der Waals surface area contributed by atoms with E-state index in [-0.39, 0.29) is 16.7 Å². The lowest BCUT2D eigenvalue weighted by molar-refractivity contribution is -0.135. The summed E-state index contributed by atoms with van der Waals surface area (Å²) in [6.45, 7) is 3.34. The molecule has 1 saturated heterocycles. The molecule has 0 saturated carbocycles. The summed E-state index contributed by atoms with van der Waals surface area (Å²) >= 11 is 0. The van der Waals surface area contributed by atoms with E-state index >= 15 is 0 Å². The Balaban J connectivity index is 1.62. The van der Waals surface area contributed by atoms with Gasteiger partial charge in [0.25, 0.3) is 0 Å². The average molecular weight is 507 g/mol. The molecule has 1 heterocycles. The van der Waals surface area contributed by atoms with E-state index in [2.05, 4.69) is 0 Å². The van der Waals surface area contributed by atoms with E-state index in [1.165, 1.54) is 11.4 Å². The van der Waals surface area contributed by atoms with Crippen LogP contribution in [0.15, 0.2) is 41.3 Å². The van der Waals surface area contributed by atoms with E-state index in [4.69, 9.17) is 18.9 Å². The first-order valence-corrected chi connectivity index (χ1v) is 13.0. The van der Waals surface area contributed by atoms with Gasteiger partial charge in [-0.05, 0) is 61.7 Å². The van der Waals surface area contributed by atoms with Crippen molar-refractivity contribution in [2.24, 2.45) is 5.92 Å². The van der Waals surface area contributed by atoms with Gasteiger partial charge in [-0.25, -0.2) is 8.42 Å². The van der Waals surface area contributed by atoms with Gasteiger partial charge in [-0.2, -0.15) is 4.31 Å². The van der Waals surface area contributed by atoms with Gasteiger partial charge < -0.3 is 23.8 Å². The lowest BCUT2D eigenvalue weighted by atomic mass is 9.96. The van der Waals surface area contributed by atoms with Gasteiger partial charge >= 0.3 is 0 Å². The van der Waals surface area contributed by atoms with Crippen LogP contribution >= 0.6 is 0 Å². The molecule has 0 unspecified atom stereocenters. The first-order chi connectivity index (χ1) is 16.7. The number of piperidine rings is 1. The third kappa shape index (κ3) is 5.99. The Morgan fingerprint density at radius 2 is 1.57 bits per heavy atom. The van der Waals surface area contributed by atoms with E-state index in [1.807, 2.05) is 19.1 Å². The SMILES string of the molecule is CCOc1ccc(S(=O)(=O)N2CCC(C(=O)N(C)Cc3cc(OC)c(OC)c(OC)c3)CC2)cc1. The Morgan fingerprint density at radius 1 is 1.00 bits per heavy atom. The molecule has 3 rings (SSSR count). The number of sulfonamides is 1. The Hall–Kier alpha value is -2.98. The van der Waals surface area contributed by atoms with Crippen molar-refractivity contribution in [1.82, 2.24) is 9.21 Å². The number of ether oxygens (including phenoxy) is 4. The van der Waals surface area contributed by atoms with Crippen LogP contribution in [0.3, 0.4) is 0 Å². The van der Waals surface area contributed by atoms with Crippen molar-refractivity contribution < 1.29 is 32.2 Å². The fourth-order valence-electron chi connectivity index (χ4n) is 4.26. The predicted molar refractivity (Wildman–Crippen MR) is 132 cm³/mol. The highest BCUT2D eigenvalue weighted by atomic mass is 32.2. The molecule has 35 heavy (non-hydrogen) atoms. The number of benzene rings is 2. The molecule has 1 aliphatic rings. The zero-order valence-electron chi connectivity index (χ0n) is 20.9. The van der Waals surface area contributed by atoms with Crippen LogP contribution in [0.2, 0.25) is 0 Å². The van der Waals surface area contributed by atoms with Gasteiger partial charge in [0.05, 0.1) is 32.8 Å². The molecule has 1 aliphatic heterocycles. The quantitative estimate of drug-likeness (QED) is 0.489. The number of carbonyl (C=O) groups is 1. The summed E-state index contributed by atoms with van der Waals surface area (Å²) in [6, 6.07) is 10.1. The third-order valence-electron chi connectivity index (χ3n) is 6.10. The van der Waals surface area contributed by atoms with Crippen molar-refractivity contribution in [2.45, 2.75) is 31.2 Å². The summed E-state index contributed by atoms with van der Waals surface area (Å²) in [5.74, 6) is 1.91. The number of nitrogens with zero attached hydrogens (tertiary/aromatic N) is 2. The normalized spacial score (nSPS) is 14.9. The maximum atomic E-state index is 13.1. The molecule has 192 valence electrons. The van der Waals surface area contributed by atoms with Gasteiger partial charge in [-0.15, -0.1) is 0 Å². The van der Waals surface area contributed by atoms with Crippen LogP contribution < -0.4 is 18.9 Å². The summed E-state index contributed by atoms with van der Waals surface area (Å²) in [5, 5.41) is 0. The standard InChI is InChI=1S/C25H34N2O7S/c1-6-34-20-7-9-21(10-8-20)35(29,30)27-13-11-19(12-14-27)25(28)26(2)17-18-15-22(31-3)24(33-5)23(16-18)32-4/h7-10,15-16,19H,6,11-14,17H2,1-5H3. The Kier molecular flexibility index (Phi) is 8.85. The highest BCUT2D eigenvalue weighted by Gasteiger charge is 2.33. The second-order valence-electron chi connectivity index (χ2n) is 8.31. The molecule has 2 aromatic carbocycles.